The Morgan fingerprint density at radius 2 is 1.69 bits per heavy atom. The van der Waals surface area contributed by atoms with Gasteiger partial charge in [-0.05, 0) is 28.7 Å². The molecule has 2 amide bonds. The van der Waals surface area contributed by atoms with Crippen molar-refractivity contribution in [2.45, 2.75) is 37.0 Å². The monoisotopic (exact) mass is 480 g/mol. The van der Waals surface area contributed by atoms with E-state index in [2.05, 4.69) is 29.6 Å². The molecule has 9 nitrogen and oxygen atoms in total. The molecule has 9 heteroatoms. The lowest BCUT2D eigenvalue weighted by Crippen LogP contribution is -2.44. The van der Waals surface area contributed by atoms with Gasteiger partial charge in [-0.3, -0.25) is 4.79 Å². The van der Waals surface area contributed by atoms with E-state index in [-0.39, 0.29) is 50.7 Å². The third-order valence-corrected chi connectivity index (χ3v) is 7.09. The number of benzene rings is 2. The van der Waals surface area contributed by atoms with E-state index >= 15 is 0 Å². The molecule has 2 heterocycles. The van der Waals surface area contributed by atoms with Crippen molar-refractivity contribution in [1.82, 2.24) is 10.2 Å². The summed E-state index contributed by atoms with van der Waals surface area (Å²) in [6.45, 7) is 0.551. The summed E-state index contributed by atoms with van der Waals surface area (Å²) in [6, 6.07) is 15.2. The molecular weight excluding hydrogens is 452 g/mol. The summed E-state index contributed by atoms with van der Waals surface area (Å²) in [5.74, 6) is -1.99. The maximum Gasteiger partial charge on any atom is 0.407 e. The normalized spacial score (nSPS) is 25.2. The highest BCUT2D eigenvalue weighted by atomic mass is 16.5. The first-order valence-electron chi connectivity index (χ1n) is 11.8. The highest BCUT2D eigenvalue weighted by molar-refractivity contribution is 5.86. The van der Waals surface area contributed by atoms with Crippen LogP contribution < -0.4 is 5.32 Å². The predicted molar refractivity (Wildman–Crippen MR) is 125 cm³/mol. The highest BCUT2D eigenvalue weighted by Crippen LogP contribution is 2.44. The van der Waals surface area contributed by atoms with Crippen molar-refractivity contribution in [1.29, 1.82) is 0 Å². The Morgan fingerprint density at radius 1 is 1.03 bits per heavy atom. The number of amides is 2. The molecule has 2 saturated heterocycles. The van der Waals surface area contributed by atoms with Gasteiger partial charge in [0, 0.05) is 25.4 Å². The number of nitrogens with zero attached hydrogens (tertiary/aromatic N) is 1. The molecule has 0 bridgehead atoms. The van der Waals surface area contributed by atoms with Crippen LogP contribution in [0.2, 0.25) is 0 Å². The largest absolute Gasteiger partial charge is 0.480 e. The van der Waals surface area contributed by atoms with Gasteiger partial charge >= 0.3 is 12.1 Å². The van der Waals surface area contributed by atoms with Crippen LogP contribution in [0.1, 0.15) is 29.9 Å². The third kappa shape index (κ3) is 4.61. The van der Waals surface area contributed by atoms with Crippen LogP contribution in [0.5, 0.6) is 0 Å². The Kier molecular flexibility index (Phi) is 6.44. The van der Waals surface area contributed by atoms with E-state index in [0.29, 0.717) is 6.42 Å². The number of nitrogens with one attached hydrogen (secondary N) is 1. The van der Waals surface area contributed by atoms with Crippen LogP contribution >= 0.6 is 0 Å². The lowest BCUT2D eigenvalue weighted by molar-refractivity contribution is -0.149. The molecule has 2 aliphatic heterocycles. The van der Waals surface area contributed by atoms with Crippen LogP contribution in [-0.4, -0.2) is 77.6 Å². The fourth-order valence-electron chi connectivity index (χ4n) is 5.39. The number of likely N-dealkylation sites (tertiary alicyclic amines) is 1. The van der Waals surface area contributed by atoms with Gasteiger partial charge in [-0.25, -0.2) is 9.59 Å². The maximum absolute atomic E-state index is 12.8. The van der Waals surface area contributed by atoms with Gasteiger partial charge in [0.05, 0.1) is 24.7 Å². The summed E-state index contributed by atoms with van der Waals surface area (Å²) in [4.78, 5) is 37.8. The molecule has 2 aromatic carbocycles. The zero-order chi connectivity index (χ0) is 24.5. The van der Waals surface area contributed by atoms with Crippen molar-refractivity contribution >= 4 is 18.0 Å². The van der Waals surface area contributed by atoms with Gasteiger partial charge in [0.15, 0.2) is 0 Å². The summed E-state index contributed by atoms with van der Waals surface area (Å²) in [5.41, 5.74) is 4.58. The van der Waals surface area contributed by atoms with Gasteiger partial charge in [-0.1, -0.05) is 48.5 Å². The summed E-state index contributed by atoms with van der Waals surface area (Å²) in [5, 5.41) is 21.8. The number of aliphatic hydroxyl groups excluding tert-OH is 1. The second-order valence-electron chi connectivity index (χ2n) is 9.33. The van der Waals surface area contributed by atoms with E-state index in [4.69, 9.17) is 9.47 Å². The molecule has 0 radical (unpaired) electrons. The Morgan fingerprint density at radius 3 is 2.34 bits per heavy atom. The van der Waals surface area contributed by atoms with Crippen LogP contribution in [0.25, 0.3) is 11.1 Å². The first kappa shape index (κ1) is 23.3. The summed E-state index contributed by atoms with van der Waals surface area (Å²) in [7, 11) is 0. The van der Waals surface area contributed by atoms with Gasteiger partial charge in [0.1, 0.15) is 12.6 Å². The predicted octanol–water partition coefficient (Wildman–Crippen LogP) is 1.98. The van der Waals surface area contributed by atoms with Crippen molar-refractivity contribution in [2.24, 2.45) is 5.92 Å². The van der Waals surface area contributed by atoms with Crippen LogP contribution in [0, 0.1) is 5.92 Å². The second kappa shape index (κ2) is 9.67. The average Bonchev–Trinajstić information content (AvgIpc) is 3.57. The van der Waals surface area contributed by atoms with Crippen LogP contribution in [-0.2, 0) is 19.1 Å². The molecule has 35 heavy (non-hydrogen) atoms. The zero-order valence-corrected chi connectivity index (χ0v) is 19.1. The van der Waals surface area contributed by atoms with Crippen molar-refractivity contribution < 1.29 is 34.1 Å². The Bertz CT molecular complexity index is 1090. The van der Waals surface area contributed by atoms with Crippen molar-refractivity contribution in [2.75, 3.05) is 26.3 Å². The number of rotatable bonds is 6. The molecule has 184 valence electrons. The lowest BCUT2D eigenvalue weighted by Gasteiger charge is -2.23. The molecule has 0 spiro atoms. The number of hydrogen-bond acceptors (Lipinski definition) is 6. The Hall–Kier alpha value is -3.43. The number of alkyl carbamates (subject to hydrolysis) is 1. The molecular formula is C26H28N2O7. The molecule has 2 aromatic rings. The summed E-state index contributed by atoms with van der Waals surface area (Å²) < 4.78 is 11.2. The number of β-amino-alcohol motifs (C(OH)–C–C–N with tert-alkyl or cyclic N) is 1. The minimum absolute atomic E-state index is 0.00890. The molecule has 4 atom stereocenters. The quantitative estimate of drug-likeness (QED) is 0.577. The maximum atomic E-state index is 12.8. The number of carboxylic acid groups (broad SMARTS) is 1. The number of aliphatic carboxylic acids is 1. The molecule has 2 fully saturated rings. The van der Waals surface area contributed by atoms with Crippen molar-refractivity contribution in [3.05, 3.63) is 59.7 Å². The molecule has 0 saturated carbocycles. The molecule has 5 rings (SSSR count). The highest BCUT2D eigenvalue weighted by Gasteiger charge is 2.43. The molecule has 0 aromatic heterocycles. The number of hydrogen-bond donors (Lipinski definition) is 3. The number of ether oxygens (including phenoxy) is 2. The van der Waals surface area contributed by atoms with E-state index in [9.17, 15) is 24.6 Å². The van der Waals surface area contributed by atoms with E-state index in [1.165, 1.54) is 4.90 Å². The van der Waals surface area contributed by atoms with Gasteiger partial charge in [0.2, 0.25) is 5.91 Å². The van der Waals surface area contributed by atoms with Crippen molar-refractivity contribution in [3.63, 3.8) is 0 Å². The fourth-order valence-corrected chi connectivity index (χ4v) is 5.39. The van der Waals surface area contributed by atoms with Crippen LogP contribution in [0.4, 0.5) is 4.79 Å². The van der Waals surface area contributed by atoms with E-state index < -0.39 is 30.1 Å². The lowest BCUT2D eigenvalue weighted by atomic mass is 9.98. The SMILES string of the molecule is O=C(NC[C@@H]1C[C@H](C(=O)N2C[C@H](O)C[C@H]2C(=O)O)CO1)OCC1c2ccccc2-c2ccccc21. The number of fused-ring (bicyclic) bond motifs is 3. The minimum atomic E-state index is -1.12. The third-order valence-electron chi connectivity index (χ3n) is 7.09. The van der Waals surface area contributed by atoms with Gasteiger partial charge in [0.25, 0.3) is 0 Å². The van der Waals surface area contributed by atoms with Gasteiger partial charge < -0.3 is 29.9 Å². The minimum Gasteiger partial charge on any atom is -0.480 e. The number of carbonyl (C=O) groups is 3. The summed E-state index contributed by atoms with van der Waals surface area (Å²) in [6.07, 6.45) is -1.38. The number of aliphatic hydroxyl groups is 1. The second-order valence-corrected chi connectivity index (χ2v) is 9.33. The van der Waals surface area contributed by atoms with Crippen LogP contribution in [0.15, 0.2) is 48.5 Å². The molecule has 1 aliphatic carbocycles. The molecule has 0 unspecified atom stereocenters. The topological polar surface area (TPSA) is 125 Å². The zero-order valence-electron chi connectivity index (χ0n) is 19.1. The van der Waals surface area contributed by atoms with Gasteiger partial charge in [-0.2, -0.15) is 0 Å². The fraction of sp³-hybridized carbons (Fsp3) is 0.423. The van der Waals surface area contributed by atoms with E-state index in [0.717, 1.165) is 22.3 Å². The average molecular weight is 481 g/mol. The number of carboxylic acids is 1. The van der Waals surface area contributed by atoms with E-state index in [1.54, 1.807) is 0 Å². The number of carbonyl (C=O) groups excluding carboxylic acids is 2. The first-order valence-corrected chi connectivity index (χ1v) is 11.8. The van der Waals surface area contributed by atoms with E-state index in [1.807, 2.05) is 24.3 Å². The Labute approximate surface area is 202 Å². The summed E-state index contributed by atoms with van der Waals surface area (Å²) >= 11 is 0. The smallest absolute Gasteiger partial charge is 0.407 e. The first-order chi connectivity index (χ1) is 16.9. The van der Waals surface area contributed by atoms with Crippen LogP contribution in [0.3, 0.4) is 0 Å². The van der Waals surface area contributed by atoms with Gasteiger partial charge in [-0.15, -0.1) is 0 Å². The Balaban J connectivity index is 1.11. The molecule has 3 aliphatic rings. The standard InChI is InChI=1S/C26H28N2O7/c29-16-10-23(25(31)32)28(12-16)24(30)15-9-17(34-13-15)11-27-26(33)35-14-22-20-7-3-1-5-18(20)19-6-2-4-8-21(19)22/h1-8,15-17,22-23,29H,9-14H2,(H,27,33)(H,31,32)/t15-,16+,17-,23-/m0/s1. The molecule has 3 N–H and O–H groups in total. The van der Waals surface area contributed by atoms with Crippen molar-refractivity contribution in [3.8, 4) is 11.1 Å².